The molecule has 0 aliphatic heterocycles. The van der Waals surface area contributed by atoms with E-state index in [1.165, 1.54) is 13.0 Å². The summed E-state index contributed by atoms with van der Waals surface area (Å²) in [5.41, 5.74) is -1.88. The molecule has 0 aliphatic carbocycles. The summed E-state index contributed by atoms with van der Waals surface area (Å²) in [6.45, 7) is 12.0. The highest BCUT2D eigenvalue weighted by Crippen LogP contribution is 2.41. The Morgan fingerprint density at radius 2 is 1.83 bits per heavy atom. The Balaban J connectivity index is 2.80. The minimum absolute atomic E-state index is 0.129. The van der Waals surface area contributed by atoms with Crippen LogP contribution in [0.3, 0.4) is 0 Å². The van der Waals surface area contributed by atoms with Gasteiger partial charge in [-0.05, 0) is 46.2 Å². The molecule has 7 nitrogen and oxygen atoms in total. The van der Waals surface area contributed by atoms with Crippen molar-refractivity contribution in [2.24, 2.45) is 0 Å². The van der Waals surface area contributed by atoms with E-state index in [1.807, 2.05) is 6.92 Å². The highest BCUT2D eigenvalue weighted by Gasteiger charge is 2.34. The van der Waals surface area contributed by atoms with E-state index in [2.05, 4.69) is 6.58 Å². The van der Waals surface area contributed by atoms with Gasteiger partial charge in [0.25, 0.3) is 0 Å². The number of aldehydes is 1. The Morgan fingerprint density at radius 3 is 2.37 bits per heavy atom. The van der Waals surface area contributed by atoms with Gasteiger partial charge in [-0.3, -0.25) is 9.69 Å². The highest BCUT2D eigenvalue weighted by atomic mass is 19.1. The smallest absolute Gasteiger partial charge is 0.415 e. The summed E-state index contributed by atoms with van der Waals surface area (Å²) >= 11 is 0. The van der Waals surface area contributed by atoms with Gasteiger partial charge in [0.1, 0.15) is 28.4 Å². The third-order valence-corrected chi connectivity index (χ3v) is 4.85. The quantitative estimate of drug-likeness (QED) is 0.130. The van der Waals surface area contributed by atoms with Crippen molar-refractivity contribution in [3.8, 4) is 11.5 Å². The van der Waals surface area contributed by atoms with Crippen LogP contribution in [0.4, 0.5) is 14.9 Å². The highest BCUT2D eigenvalue weighted by molar-refractivity contribution is 6.05. The number of unbranched alkanes of at least 4 members (excludes halogenated alkanes) is 1. The molecule has 0 radical (unpaired) electrons. The molecule has 0 aromatic heterocycles. The predicted molar refractivity (Wildman–Crippen MR) is 132 cm³/mol. The van der Waals surface area contributed by atoms with E-state index >= 15 is 4.39 Å². The lowest BCUT2D eigenvalue weighted by molar-refractivity contribution is 0.0581. The van der Waals surface area contributed by atoms with Crippen molar-refractivity contribution < 1.29 is 33.0 Å². The van der Waals surface area contributed by atoms with E-state index in [0.29, 0.717) is 6.42 Å². The first-order valence-electron chi connectivity index (χ1n) is 11.4. The van der Waals surface area contributed by atoms with Gasteiger partial charge >= 0.3 is 12.1 Å². The standard InChI is InChI=1S/C27H32FNO6/c1-7-9-16-33-24-21(25(31)34-19-13-11-10-12-14-19)18(3)22(28)20(17-30)23(24)29(15-8-2)26(32)35-27(4,5)6/h8,10-14,17H,2,7,9,15-16H2,1,3-6H3. The van der Waals surface area contributed by atoms with Crippen LogP contribution in [-0.2, 0) is 4.74 Å². The van der Waals surface area contributed by atoms with Crippen molar-refractivity contribution in [2.75, 3.05) is 18.1 Å². The van der Waals surface area contributed by atoms with Crippen LogP contribution in [0.25, 0.3) is 0 Å². The average molecular weight is 486 g/mol. The first-order valence-corrected chi connectivity index (χ1v) is 11.4. The van der Waals surface area contributed by atoms with E-state index in [-0.39, 0.29) is 47.8 Å². The molecule has 35 heavy (non-hydrogen) atoms. The molecule has 1 amide bonds. The fourth-order valence-corrected chi connectivity index (χ4v) is 3.26. The summed E-state index contributed by atoms with van der Waals surface area (Å²) in [4.78, 5) is 39.5. The molecule has 2 aromatic rings. The third kappa shape index (κ3) is 6.91. The number of hydrogen-bond donors (Lipinski definition) is 0. The van der Waals surface area contributed by atoms with Gasteiger partial charge in [-0.2, -0.15) is 0 Å². The Kier molecular flexibility index (Phi) is 9.57. The van der Waals surface area contributed by atoms with Crippen LogP contribution in [0.15, 0.2) is 43.0 Å². The molecule has 0 bridgehead atoms. The van der Waals surface area contributed by atoms with Crippen LogP contribution in [0.5, 0.6) is 11.5 Å². The van der Waals surface area contributed by atoms with Crippen molar-refractivity contribution in [3.05, 3.63) is 65.5 Å². The first kappa shape index (κ1) is 27.6. The van der Waals surface area contributed by atoms with Crippen molar-refractivity contribution in [2.45, 2.75) is 53.1 Å². The number of carbonyl (C=O) groups is 3. The molecule has 0 unspecified atom stereocenters. The summed E-state index contributed by atoms with van der Waals surface area (Å²) < 4.78 is 32.4. The van der Waals surface area contributed by atoms with Gasteiger partial charge in [0, 0.05) is 12.1 Å². The minimum atomic E-state index is -0.963. The zero-order valence-corrected chi connectivity index (χ0v) is 20.9. The van der Waals surface area contributed by atoms with Crippen molar-refractivity contribution in [1.29, 1.82) is 0 Å². The average Bonchev–Trinajstić information content (AvgIpc) is 2.79. The Labute approximate surface area is 205 Å². The fraction of sp³-hybridized carbons (Fsp3) is 0.370. The van der Waals surface area contributed by atoms with Crippen molar-refractivity contribution in [1.82, 2.24) is 0 Å². The molecule has 188 valence electrons. The summed E-state index contributed by atoms with van der Waals surface area (Å²) in [5.74, 6) is -1.74. The second-order valence-corrected chi connectivity index (χ2v) is 8.81. The molecule has 8 heteroatoms. The van der Waals surface area contributed by atoms with Crippen LogP contribution < -0.4 is 14.4 Å². The number of carbonyl (C=O) groups excluding carboxylic acids is 3. The molecule has 0 atom stereocenters. The zero-order valence-electron chi connectivity index (χ0n) is 20.9. The number of ether oxygens (including phenoxy) is 3. The number of benzene rings is 2. The SMILES string of the molecule is C=CCN(C(=O)OC(C)(C)C)c1c(C=O)c(F)c(C)c(C(=O)Oc2ccccc2)c1OCCCC. The Bertz CT molecular complexity index is 1080. The molecule has 0 aliphatic rings. The van der Waals surface area contributed by atoms with Gasteiger partial charge in [-0.25, -0.2) is 14.0 Å². The van der Waals surface area contributed by atoms with Crippen LogP contribution in [0.2, 0.25) is 0 Å². The number of rotatable bonds is 10. The van der Waals surface area contributed by atoms with E-state index in [1.54, 1.807) is 51.1 Å². The van der Waals surface area contributed by atoms with Gasteiger partial charge in [0.2, 0.25) is 0 Å². The summed E-state index contributed by atoms with van der Waals surface area (Å²) in [5, 5.41) is 0. The van der Waals surface area contributed by atoms with Crippen molar-refractivity contribution >= 4 is 24.0 Å². The normalized spacial score (nSPS) is 10.9. The summed E-state index contributed by atoms with van der Waals surface area (Å²) in [6, 6.07) is 8.28. The number of hydrogen-bond acceptors (Lipinski definition) is 6. The van der Waals surface area contributed by atoms with E-state index in [0.717, 1.165) is 11.3 Å². The largest absolute Gasteiger partial charge is 0.490 e. The fourth-order valence-electron chi connectivity index (χ4n) is 3.26. The number of halogens is 1. The van der Waals surface area contributed by atoms with Gasteiger partial charge in [0.05, 0.1) is 12.2 Å². The molecule has 2 aromatic carbocycles. The number of nitrogens with zero attached hydrogens (tertiary/aromatic N) is 1. The van der Waals surface area contributed by atoms with Crippen LogP contribution in [0.1, 0.15) is 66.8 Å². The molecule has 0 spiro atoms. The monoisotopic (exact) mass is 485 g/mol. The lowest BCUT2D eigenvalue weighted by Gasteiger charge is -2.30. The van der Waals surface area contributed by atoms with Gasteiger partial charge in [-0.1, -0.05) is 37.6 Å². The number of anilines is 1. The molecular weight excluding hydrogens is 453 g/mol. The van der Waals surface area contributed by atoms with E-state index in [4.69, 9.17) is 14.2 Å². The molecule has 0 N–H and O–H groups in total. The lowest BCUT2D eigenvalue weighted by Crippen LogP contribution is -2.38. The number of amides is 1. The predicted octanol–water partition coefficient (Wildman–Crippen LogP) is 6.27. The molecule has 2 rings (SSSR count). The molecule has 0 fully saturated rings. The maximum absolute atomic E-state index is 15.5. The van der Waals surface area contributed by atoms with Crippen LogP contribution in [-0.4, -0.2) is 37.1 Å². The van der Waals surface area contributed by atoms with Crippen LogP contribution in [0, 0.1) is 12.7 Å². The van der Waals surface area contributed by atoms with Gasteiger partial charge in [-0.15, -0.1) is 6.58 Å². The third-order valence-electron chi connectivity index (χ3n) is 4.85. The summed E-state index contributed by atoms with van der Waals surface area (Å²) in [7, 11) is 0. The summed E-state index contributed by atoms with van der Waals surface area (Å²) in [6.07, 6.45) is 2.23. The Morgan fingerprint density at radius 1 is 1.17 bits per heavy atom. The second kappa shape index (κ2) is 12.1. The second-order valence-electron chi connectivity index (χ2n) is 8.81. The maximum Gasteiger partial charge on any atom is 0.415 e. The van der Waals surface area contributed by atoms with E-state index in [9.17, 15) is 14.4 Å². The van der Waals surface area contributed by atoms with E-state index < -0.39 is 29.0 Å². The molecule has 0 heterocycles. The molecular formula is C27H32FNO6. The first-order chi connectivity index (χ1) is 16.6. The Hall–Kier alpha value is -3.68. The van der Waals surface area contributed by atoms with Crippen molar-refractivity contribution in [3.63, 3.8) is 0 Å². The maximum atomic E-state index is 15.5. The van der Waals surface area contributed by atoms with Gasteiger partial charge in [0.15, 0.2) is 12.0 Å². The number of para-hydroxylation sites is 1. The topological polar surface area (TPSA) is 82.1 Å². The lowest BCUT2D eigenvalue weighted by atomic mass is 9.99. The zero-order chi connectivity index (χ0) is 26.2. The minimum Gasteiger partial charge on any atom is -0.490 e. The van der Waals surface area contributed by atoms with Gasteiger partial charge < -0.3 is 14.2 Å². The molecule has 0 saturated heterocycles. The molecule has 0 saturated carbocycles. The number of esters is 1. The van der Waals surface area contributed by atoms with Crippen LogP contribution >= 0.6 is 0 Å².